The summed E-state index contributed by atoms with van der Waals surface area (Å²) in [4.78, 5) is 18.9. The number of nitrogens with zero attached hydrogens (tertiary/aromatic N) is 3. The van der Waals surface area contributed by atoms with Gasteiger partial charge in [-0.25, -0.2) is 0 Å². The molecule has 1 spiro atoms. The molecule has 0 radical (unpaired) electrons. The van der Waals surface area contributed by atoms with Gasteiger partial charge in [0.15, 0.2) is 0 Å². The highest BCUT2D eigenvalue weighted by Crippen LogP contribution is 2.48. The number of β-amino-alcohol motifs (C(OH)–C–C–N with tert-alkyl or cyclic N) is 1. The van der Waals surface area contributed by atoms with Gasteiger partial charge in [-0.05, 0) is 36.1 Å². The number of rotatable bonds is 5. The Morgan fingerprint density at radius 3 is 2.87 bits per heavy atom. The van der Waals surface area contributed by atoms with Crippen LogP contribution >= 0.6 is 0 Å². The predicted octanol–water partition coefficient (Wildman–Crippen LogP) is 2.82. The van der Waals surface area contributed by atoms with Crippen LogP contribution in [-0.2, 0) is 16.6 Å². The smallest absolute Gasteiger partial charge is 0.262 e. The van der Waals surface area contributed by atoms with Crippen LogP contribution in [0.5, 0.6) is 5.75 Å². The summed E-state index contributed by atoms with van der Waals surface area (Å²) in [6.45, 7) is 1.04. The van der Waals surface area contributed by atoms with Crippen molar-refractivity contribution in [2.75, 3.05) is 26.8 Å². The lowest BCUT2D eigenvalue weighted by Gasteiger charge is -2.24. The molecule has 30 heavy (non-hydrogen) atoms. The molecule has 7 nitrogen and oxygen atoms in total. The van der Waals surface area contributed by atoms with E-state index in [1.54, 1.807) is 12.0 Å². The molecule has 1 aromatic heterocycles. The summed E-state index contributed by atoms with van der Waals surface area (Å²) in [6.07, 6.45) is 2.26. The fourth-order valence-electron chi connectivity index (χ4n) is 4.91. The number of ether oxygens (including phenoxy) is 1. The molecule has 1 fully saturated rings. The molecule has 2 aromatic carbocycles. The summed E-state index contributed by atoms with van der Waals surface area (Å²) in [5.41, 5.74) is 3.89. The zero-order chi connectivity index (χ0) is 20.7. The Bertz CT molecular complexity index is 1110. The Morgan fingerprint density at radius 2 is 2.03 bits per heavy atom. The SMILES string of the molecule is COc1ccccc1-c1nc(-c2cccc3c2CC[C@]32CC(=O)N(CCO)C2)no1. The maximum Gasteiger partial charge on any atom is 0.262 e. The quantitative estimate of drug-likeness (QED) is 0.702. The average Bonchev–Trinajstić information content (AvgIpc) is 3.47. The molecular weight excluding hydrogens is 382 g/mol. The zero-order valence-corrected chi connectivity index (χ0v) is 16.8. The number of amides is 1. The van der Waals surface area contributed by atoms with Crippen molar-refractivity contribution in [1.29, 1.82) is 0 Å². The number of aromatic nitrogens is 2. The molecular formula is C23H23N3O4. The number of carbonyl (C=O) groups excluding carboxylic acids is 1. The highest BCUT2D eigenvalue weighted by atomic mass is 16.5. The largest absolute Gasteiger partial charge is 0.496 e. The second-order valence-electron chi connectivity index (χ2n) is 7.95. The third kappa shape index (κ3) is 2.89. The van der Waals surface area contributed by atoms with Crippen molar-refractivity contribution in [1.82, 2.24) is 15.0 Å². The molecule has 1 aliphatic carbocycles. The molecule has 0 bridgehead atoms. The molecule has 2 heterocycles. The summed E-state index contributed by atoms with van der Waals surface area (Å²) in [5, 5.41) is 13.5. The fourth-order valence-corrected chi connectivity index (χ4v) is 4.91. The monoisotopic (exact) mass is 405 g/mol. The highest BCUT2D eigenvalue weighted by Gasteiger charge is 2.48. The lowest BCUT2D eigenvalue weighted by Crippen LogP contribution is -2.32. The predicted molar refractivity (Wildman–Crippen MR) is 110 cm³/mol. The molecule has 2 aliphatic rings. The minimum absolute atomic E-state index is 0.0106. The topological polar surface area (TPSA) is 88.7 Å². The van der Waals surface area contributed by atoms with Gasteiger partial charge in [0, 0.05) is 30.5 Å². The lowest BCUT2D eigenvalue weighted by atomic mass is 9.80. The molecule has 0 saturated carbocycles. The first-order valence-electron chi connectivity index (χ1n) is 10.1. The average molecular weight is 405 g/mol. The van der Waals surface area contributed by atoms with E-state index >= 15 is 0 Å². The molecule has 154 valence electrons. The molecule has 7 heteroatoms. The van der Waals surface area contributed by atoms with Crippen LogP contribution < -0.4 is 4.74 Å². The van der Waals surface area contributed by atoms with Crippen LogP contribution in [0, 0.1) is 0 Å². The van der Waals surface area contributed by atoms with E-state index in [1.807, 2.05) is 36.4 Å². The summed E-state index contributed by atoms with van der Waals surface area (Å²) in [5.74, 6) is 1.75. The molecule has 0 unspecified atom stereocenters. The second kappa shape index (κ2) is 7.25. The van der Waals surface area contributed by atoms with E-state index in [0.717, 1.165) is 24.0 Å². The van der Waals surface area contributed by atoms with Crippen LogP contribution in [0.2, 0.25) is 0 Å². The number of likely N-dealkylation sites (tertiary alicyclic amines) is 1. The molecule has 1 aliphatic heterocycles. The van der Waals surface area contributed by atoms with Gasteiger partial charge >= 0.3 is 0 Å². The first-order valence-corrected chi connectivity index (χ1v) is 10.1. The van der Waals surface area contributed by atoms with Gasteiger partial charge in [0.05, 0.1) is 19.3 Å². The normalized spacial score (nSPS) is 20.2. The van der Waals surface area contributed by atoms with E-state index in [0.29, 0.717) is 37.0 Å². The van der Waals surface area contributed by atoms with Crippen LogP contribution in [0.25, 0.3) is 22.8 Å². The van der Waals surface area contributed by atoms with Crippen molar-refractivity contribution in [3.05, 3.63) is 53.6 Å². The van der Waals surface area contributed by atoms with Crippen molar-refractivity contribution in [3.8, 4) is 28.6 Å². The van der Waals surface area contributed by atoms with Crippen LogP contribution in [0.3, 0.4) is 0 Å². The standard InChI is InChI=1S/C23H23N3O4/c1-29-19-8-3-2-5-17(19)22-24-21(25-30-22)16-6-4-7-18-15(16)9-10-23(18)13-20(28)26(14-23)11-12-27/h2-8,27H,9-14H2,1H3/t23-/m1/s1. The van der Waals surface area contributed by atoms with E-state index in [2.05, 4.69) is 16.2 Å². The van der Waals surface area contributed by atoms with Gasteiger partial charge in [-0.1, -0.05) is 35.5 Å². The summed E-state index contributed by atoms with van der Waals surface area (Å²) < 4.78 is 11.0. The third-order valence-corrected chi connectivity index (χ3v) is 6.31. The van der Waals surface area contributed by atoms with Crippen LogP contribution in [-0.4, -0.2) is 52.9 Å². The van der Waals surface area contributed by atoms with Gasteiger partial charge in [-0.2, -0.15) is 4.98 Å². The number of hydrogen-bond donors (Lipinski definition) is 1. The minimum Gasteiger partial charge on any atom is -0.496 e. The Hall–Kier alpha value is -3.19. The number of para-hydroxylation sites is 1. The number of aliphatic hydroxyl groups excluding tert-OH is 1. The number of carbonyl (C=O) groups is 1. The summed E-state index contributed by atoms with van der Waals surface area (Å²) in [6, 6.07) is 13.7. The number of hydrogen-bond acceptors (Lipinski definition) is 6. The molecule has 5 rings (SSSR count). The van der Waals surface area contributed by atoms with Crippen LogP contribution in [0.4, 0.5) is 0 Å². The number of aliphatic hydroxyl groups is 1. The molecule has 1 N–H and O–H groups in total. The van der Waals surface area contributed by atoms with E-state index < -0.39 is 0 Å². The zero-order valence-electron chi connectivity index (χ0n) is 16.8. The highest BCUT2D eigenvalue weighted by molar-refractivity contribution is 5.82. The number of methoxy groups -OCH3 is 1. The van der Waals surface area contributed by atoms with E-state index in [4.69, 9.17) is 9.26 Å². The Labute approximate surface area is 174 Å². The second-order valence-corrected chi connectivity index (χ2v) is 7.95. The van der Waals surface area contributed by atoms with Crippen molar-refractivity contribution < 1.29 is 19.2 Å². The van der Waals surface area contributed by atoms with Gasteiger partial charge < -0.3 is 19.3 Å². The first kappa shape index (κ1) is 18.8. The Balaban J connectivity index is 1.51. The maximum absolute atomic E-state index is 12.5. The van der Waals surface area contributed by atoms with Crippen molar-refractivity contribution >= 4 is 5.91 Å². The van der Waals surface area contributed by atoms with Crippen molar-refractivity contribution in [2.24, 2.45) is 0 Å². The molecule has 1 amide bonds. The van der Waals surface area contributed by atoms with Crippen molar-refractivity contribution in [3.63, 3.8) is 0 Å². The van der Waals surface area contributed by atoms with Gasteiger partial charge in [-0.15, -0.1) is 0 Å². The van der Waals surface area contributed by atoms with Crippen molar-refractivity contribution in [2.45, 2.75) is 24.7 Å². The van der Waals surface area contributed by atoms with Gasteiger partial charge in [-0.3, -0.25) is 4.79 Å². The fraction of sp³-hybridized carbons (Fsp3) is 0.348. The minimum atomic E-state index is -0.188. The van der Waals surface area contributed by atoms with Gasteiger partial charge in [0.25, 0.3) is 5.89 Å². The van der Waals surface area contributed by atoms with Crippen LogP contribution in [0.15, 0.2) is 47.0 Å². The number of benzene rings is 2. The molecule has 1 saturated heterocycles. The van der Waals surface area contributed by atoms with Gasteiger partial charge in [0.2, 0.25) is 11.7 Å². The molecule has 1 atom stereocenters. The lowest BCUT2D eigenvalue weighted by molar-refractivity contribution is -0.128. The Kier molecular flexibility index (Phi) is 4.55. The van der Waals surface area contributed by atoms with E-state index in [9.17, 15) is 9.90 Å². The van der Waals surface area contributed by atoms with E-state index in [-0.39, 0.29) is 17.9 Å². The summed E-state index contributed by atoms with van der Waals surface area (Å²) >= 11 is 0. The maximum atomic E-state index is 12.5. The van der Waals surface area contributed by atoms with E-state index in [1.165, 1.54) is 11.1 Å². The van der Waals surface area contributed by atoms with Crippen LogP contribution in [0.1, 0.15) is 24.0 Å². The molecule has 3 aromatic rings. The first-order chi connectivity index (χ1) is 14.6. The number of fused-ring (bicyclic) bond motifs is 2. The van der Waals surface area contributed by atoms with Gasteiger partial charge in [0.1, 0.15) is 5.75 Å². The third-order valence-electron chi connectivity index (χ3n) is 6.31. The summed E-state index contributed by atoms with van der Waals surface area (Å²) in [7, 11) is 1.61. The Morgan fingerprint density at radius 1 is 1.20 bits per heavy atom.